The highest BCUT2D eigenvalue weighted by molar-refractivity contribution is 7.89. The Kier molecular flexibility index (Phi) is 5.09. The van der Waals surface area contributed by atoms with E-state index in [0.29, 0.717) is 0 Å². The van der Waals surface area contributed by atoms with E-state index in [0.717, 1.165) is 6.07 Å². The number of aliphatic hydroxyl groups excluding tert-OH is 2. The second kappa shape index (κ2) is 6.04. The van der Waals surface area contributed by atoms with E-state index in [1.54, 1.807) is 6.92 Å². The zero-order chi connectivity index (χ0) is 15.6. The Morgan fingerprint density at radius 3 is 2.35 bits per heavy atom. The monoisotopic (exact) mass is 306 g/mol. The molecule has 0 fully saturated rings. The van der Waals surface area contributed by atoms with E-state index in [-0.39, 0.29) is 17.7 Å². The Bertz CT molecular complexity index is 577. The van der Waals surface area contributed by atoms with Gasteiger partial charge in [0.05, 0.1) is 18.8 Å². The smallest absolute Gasteiger partial charge is 0.244 e. The molecular formula is C12H19FN2O4S. The number of hydrogen-bond donors (Lipinski definition) is 4. The molecule has 8 heteroatoms. The first-order chi connectivity index (χ1) is 9.21. The molecule has 0 aliphatic heterocycles. The van der Waals surface area contributed by atoms with Crippen molar-refractivity contribution in [3.05, 3.63) is 23.5 Å². The maximum Gasteiger partial charge on any atom is 0.244 e. The predicted molar refractivity (Wildman–Crippen MR) is 73.1 cm³/mol. The van der Waals surface area contributed by atoms with Gasteiger partial charge in [0.2, 0.25) is 10.0 Å². The third-order valence-corrected chi connectivity index (χ3v) is 4.74. The molecule has 20 heavy (non-hydrogen) atoms. The van der Waals surface area contributed by atoms with Crippen molar-refractivity contribution in [1.29, 1.82) is 0 Å². The van der Waals surface area contributed by atoms with Gasteiger partial charge in [-0.15, -0.1) is 0 Å². The number of nitrogens with two attached hydrogens (primary N) is 1. The summed E-state index contributed by atoms with van der Waals surface area (Å²) in [6.07, 6.45) is 0.141. The molecule has 1 aromatic carbocycles. The summed E-state index contributed by atoms with van der Waals surface area (Å²) in [6.45, 7) is 1.77. The Morgan fingerprint density at radius 2 is 1.90 bits per heavy atom. The van der Waals surface area contributed by atoms with Gasteiger partial charge in [-0.2, -0.15) is 0 Å². The molecule has 114 valence electrons. The van der Waals surface area contributed by atoms with E-state index in [2.05, 4.69) is 4.72 Å². The van der Waals surface area contributed by atoms with Crippen molar-refractivity contribution >= 4 is 15.7 Å². The van der Waals surface area contributed by atoms with Crippen molar-refractivity contribution in [2.24, 2.45) is 0 Å². The molecule has 0 aromatic heterocycles. The van der Waals surface area contributed by atoms with Crippen molar-refractivity contribution < 1.29 is 23.0 Å². The summed E-state index contributed by atoms with van der Waals surface area (Å²) in [5, 5.41) is 18.5. The molecule has 0 atom stereocenters. The minimum atomic E-state index is -4.25. The summed E-state index contributed by atoms with van der Waals surface area (Å²) >= 11 is 0. The molecule has 0 unspecified atom stereocenters. The summed E-state index contributed by atoms with van der Waals surface area (Å²) in [5.74, 6) is -0.910. The molecule has 0 bridgehead atoms. The molecule has 5 N–H and O–H groups in total. The minimum absolute atomic E-state index is 0.0977. The molecule has 0 saturated heterocycles. The maximum absolute atomic E-state index is 14.0. The first-order valence-corrected chi connectivity index (χ1v) is 7.51. The topological polar surface area (TPSA) is 113 Å². The summed E-state index contributed by atoms with van der Waals surface area (Å²) in [6, 6.07) is 2.32. The molecule has 0 aliphatic carbocycles. The number of rotatable bonds is 6. The number of sulfonamides is 1. The van der Waals surface area contributed by atoms with Gasteiger partial charge in [0.15, 0.2) is 0 Å². The second-order valence-electron chi connectivity index (χ2n) is 4.71. The molecule has 0 saturated carbocycles. The molecule has 0 radical (unpaired) electrons. The highest BCUT2D eigenvalue weighted by Gasteiger charge is 2.34. The SMILES string of the molecule is CCC(CO)(CO)NS(=O)(=O)c1cc(N)cc(C)c1F. The lowest BCUT2D eigenvalue weighted by molar-refractivity contribution is 0.105. The van der Waals surface area contributed by atoms with Crippen LogP contribution in [0.4, 0.5) is 10.1 Å². The summed E-state index contributed by atoms with van der Waals surface area (Å²) < 4.78 is 40.6. The summed E-state index contributed by atoms with van der Waals surface area (Å²) in [4.78, 5) is -0.602. The largest absolute Gasteiger partial charge is 0.399 e. The number of hydrogen-bond acceptors (Lipinski definition) is 5. The van der Waals surface area contributed by atoms with Crippen LogP contribution in [0.2, 0.25) is 0 Å². The van der Waals surface area contributed by atoms with E-state index in [1.807, 2.05) is 0 Å². The number of aliphatic hydroxyl groups is 2. The minimum Gasteiger partial charge on any atom is -0.399 e. The predicted octanol–water partition coefficient (Wildman–Crippen LogP) is 0.128. The Morgan fingerprint density at radius 1 is 1.35 bits per heavy atom. The van der Waals surface area contributed by atoms with Gasteiger partial charge in [-0.05, 0) is 31.0 Å². The fourth-order valence-corrected chi connectivity index (χ4v) is 3.35. The number of nitrogen functional groups attached to an aromatic ring is 1. The number of halogens is 1. The Balaban J connectivity index is 3.31. The first-order valence-electron chi connectivity index (χ1n) is 6.02. The molecule has 0 spiro atoms. The third kappa shape index (κ3) is 3.26. The van der Waals surface area contributed by atoms with Gasteiger partial charge in [-0.25, -0.2) is 17.5 Å². The van der Waals surface area contributed by atoms with Gasteiger partial charge in [0.25, 0.3) is 0 Å². The quantitative estimate of drug-likeness (QED) is 0.558. The normalized spacial score (nSPS) is 12.7. The molecule has 0 heterocycles. The Labute approximate surface area is 117 Å². The Hall–Kier alpha value is -1.22. The van der Waals surface area contributed by atoms with Crippen LogP contribution >= 0.6 is 0 Å². The average molecular weight is 306 g/mol. The van der Waals surface area contributed by atoms with Gasteiger partial charge < -0.3 is 15.9 Å². The van der Waals surface area contributed by atoms with Gasteiger partial charge in [-0.1, -0.05) is 6.92 Å². The van der Waals surface area contributed by atoms with Crippen LogP contribution in [0.3, 0.4) is 0 Å². The number of nitrogens with one attached hydrogen (secondary N) is 1. The standard InChI is InChI=1S/C12H19FN2O4S/c1-3-12(6-16,7-17)15-20(18,19)10-5-9(14)4-8(2)11(10)13/h4-5,15-17H,3,6-7,14H2,1-2H3. The van der Waals surface area contributed by atoms with Crippen molar-refractivity contribution in [2.75, 3.05) is 18.9 Å². The fraction of sp³-hybridized carbons (Fsp3) is 0.500. The summed E-state index contributed by atoms with van der Waals surface area (Å²) in [7, 11) is -4.25. The van der Waals surface area contributed by atoms with Crippen molar-refractivity contribution in [3.8, 4) is 0 Å². The van der Waals surface area contributed by atoms with E-state index in [9.17, 15) is 23.0 Å². The van der Waals surface area contributed by atoms with Crippen molar-refractivity contribution in [2.45, 2.75) is 30.7 Å². The number of aryl methyl sites for hydroxylation is 1. The average Bonchev–Trinajstić information content (AvgIpc) is 2.40. The maximum atomic E-state index is 14.0. The van der Waals surface area contributed by atoms with Crippen LogP contribution in [-0.4, -0.2) is 37.4 Å². The van der Waals surface area contributed by atoms with E-state index >= 15 is 0 Å². The van der Waals surface area contributed by atoms with Crippen LogP contribution in [0.5, 0.6) is 0 Å². The van der Waals surface area contributed by atoms with E-state index in [1.165, 1.54) is 13.0 Å². The van der Waals surface area contributed by atoms with Crippen molar-refractivity contribution in [1.82, 2.24) is 4.72 Å². The van der Waals surface area contributed by atoms with Crippen LogP contribution in [0.1, 0.15) is 18.9 Å². The lowest BCUT2D eigenvalue weighted by Gasteiger charge is -2.29. The van der Waals surface area contributed by atoms with Crippen LogP contribution in [0, 0.1) is 12.7 Å². The van der Waals surface area contributed by atoms with Gasteiger partial charge in [0, 0.05) is 5.69 Å². The molecular weight excluding hydrogens is 287 g/mol. The summed E-state index contributed by atoms with van der Waals surface area (Å²) in [5.41, 5.74) is 4.30. The van der Waals surface area contributed by atoms with Gasteiger partial charge >= 0.3 is 0 Å². The van der Waals surface area contributed by atoms with Gasteiger partial charge in [-0.3, -0.25) is 0 Å². The molecule has 0 amide bonds. The van der Waals surface area contributed by atoms with Crippen LogP contribution < -0.4 is 10.5 Å². The highest BCUT2D eigenvalue weighted by Crippen LogP contribution is 2.23. The van der Waals surface area contributed by atoms with Crippen LogP contribution in [0.15, 0.2) is 17.0 Å². The van der Waals surface area contributed by atoms with E-state index < -0.39 is 39.5 Å². The highest BCUT2D eigenvalue weighted by atomic mass is 32.2. The van der Waals surface area contributed by atoms with Crippen LogP contribution in [0.25, 0.3) is 0 Å². The van der Waals surface area contributed by atoms with Gasteiger partial charge in [0.1, 0.15) is 10.7 Å². The lowest BCUT2D eigenvalue weighted by Crippen LogP contribution is -2.53. The molecule has 6 nitrogen and oxygen atoms in total. The molecule has 1 rings (SSSR count). The zero-order valence-electron chi connectivity index (χ0n) is 11.4. The first kappa shape index (κ1) is 16.8. The zero-order valence-corrected chi connectivity index (χ0v) is 12.2. The third-order valence-electron chi connectivity index (χ3n) is 3.17. The second-order valence-corrected chi connectivity index (χ2v) is 6.36. The van der Waals surface area contributed by atoms with Crippen LogP contribution in [-0.2, 0) is 10.0 Å². The number of anilines is 1. The van der Waals surface area contributed by atoms with Crippen molar-refractivity contribution in [3.63, 3.8) is 0 Å². The fourth-order valence-electron chi connectivity index (χ4n) is 1.71. The number of benzene rings is 1. The molecule has 1 aromatic rings. The van der Waals surface area contributed by atoms with E-state index in [4.69, 9.17) is 5.73 Å². The lowest BCUT2D eigenvalue weighted by atomic mass is 10.0. The molecule has 0 aliphatic rings.